The van der Waals surface area contributed by atoms with Gasteiger partial charge in [-0.15, -0.1) is 0 Å². The maximum Gasteiger partial charge on any atom is 0.327 e. The number of rotatable bonds is 4. The van der Waals surface area contributed by atoms with Gasteiger partial charge in [0.05, 0.1) is 17.7 Å². The molecule has 2 aromatic carbocycles. The van der Waals surface area contributed by atoms with Crippen molar-refractivity contribution in [2.75, 3.05) is 6.61 Å². The van der Waals surface area contributed by atoms with E-state index in [4.69, 9.17) is 4.74 Å². The molecule has 0 bridgehead atoms. The van der Waals surface area contributed by atoms with Crippen molar-refractivity contribution in [2.24, 2.45) is 0 Å². The molecule has 0 spiro atoms. The van der Waals surface area contributed by atoms with E-state index in [1.54, 1.807) is 19.1 Å². The molecular weight excluding hydrogens is 372 g/mol. The number of nitrogens with zero attached hydrogens (tertiary/aromatic N) is 2. The zero-order valence-electron chi connectivity index (χ0n) is 13.0. The highest BCUT2D eigenvalue weighted by molar-refractivity contribution is 9.10. The monoisotopic (exact) mass is 386 g/mol. The Morgan fingerprint density at radius 2 is 1.79 bits per heavy atom. The van der Waals surface area contributed by atoms with Crippen LogP contribution in [0.1, 0.15) is 6.92 Å². The molecule has 5 nitrogen and oxygen atoms in total. The molecule has 0 N–H and O–H groups in total. The third-order valence-corrected chi connectivity index (χ3v) is 4.10. The minimum Gasteiger partial charge on any atom is -0.465 e. The van der Waals surface area contributed by atoms with Crippen LogP contribution in [0.3, 0.4) is 0 Å². The lowest BCUT2D eigenvalue weighted by molar-refractivity contribution is -0.144. The van der Waals surface area contributed by atoms with E-state index in [9.17, 15) is 9.59 Å². The van der Waals surface area contributed by atoms with E-state index in [1.807, 2.05) is 36.4 Å². The fourth-order valence-corrected chi connectivity index (χ4v) is 2.76. The van der Waals surface area contributed by atoms with Gasteiger partial charge in [0.15, 0.2) is 0 Å². The molecule has 3 aromatic rings. The Kier molecular flexibility index (Phi) is 4.76. The van der Waals surface area contributed by atoms with Crippen molar-refractivity contribution in [3.63, 3.8) is 0 Å². The molecule has 0 aliphatic carbocycles. The molecule has 1 aromatic heterocycles. The van der Waals surface area contributed by atoms with Crippen molar-refractivity contribution < 1.29 is 9.53 Å². The van der Waals surface area contributed by atoms with E-state index in [2.05, 4.69) is 21.0 Å². The molecule has 1 heterocycles. The first-order valence-electron chi connectivity index (χ1n) is 7.51. The Morgan fingerprint density at radius 3 is 2.46 bits per heavy atom. The number of halogens is 1. The van der Waals surface area contributed by atoms with Crippen molar-refractivity contribution >= 4 is 32.7 Å². The largest absolute Gasteiger partial charge is 0.465 e. The number of benzene rings is 2. The van der Waals surface area contributed by atoms with Crippen LogP contribution in [-0.4, -0.2) is 22.4 Å². The normalized spacial score (nSPS) is 10.8. The third kappa shape index (κ3) is 3.23. The van der Waals surface area contributed by atoms with Crippen LogP contribution in [0.2, 0.25) is 0 Å². The van der Waals surface area contributed by atoms with E-state index in [-0.39, 0.29) is 18.7 Å². The van der Waals surface area contributed by atoms with Gasteiger partial charge in [0.25, 0.3) is 5.56 Å². The molecule has 0 unspecified atom stereocenters. The molecule has 0 saturated carbocycles. The lowest BCUT2D eigenvalue weighted by atomic mass is 10.1. The summed E-state index contributed by atoms with van der Waals surface area (Å²) in [4.78, 5) is 24.4. The Bertz CT molecular complexity index is 949. The van der Waals surface area contributed by atoms with Gasteiger partial charge >= 0.3 is 5.97 Å². The smallest absolute Gasteiger partial charge is 0.327 e. The van der Waals surface area contributed by atoms with Crippen LogP contribution in [-0.2, 0) is 16.1 Å². The molecule has 0 saturated heterocycles. The predicted molar refractivity (Wildman–Crippen MR) is 95.8 cm³/mol. The molecule has 6 heteroatoms. The van der Waals surface area contributed by atoms with Crippen LogP contribution in [0.5, 0.6) is 0 Å². The van der Waals surface area contributed by atoms with Gasteiger partial charge in [-0.2, -0.15) is 5.10 Å². The van der Waals surface area contributed by atoms with Crippen molar-refractivity contribution in [1.29, 1.82) is 0 Å². The number of carbonyl (C=O) groups excluding carboxylic acids is 1. The zero-order valence-corrected chi connectivity index (χ0v) is 14.6. The molecule has 0 atom stereocenters. The Labute approximate surface area is 147 Å². The molecule has 122 valence electrons. The van der Waals surface area contributed by atoms with Crippen molar-refractivity contribution in [3.05, 3.63) is 63.4 Å². The number of ether oxygens (including phenoxy) is 1. The average molecular weight is 387 g/mol. The first-order chi connectivity index (χ1) is 11.6. The summed E-state index contributed by atoms with van der Waals surface area (Å²) in [6.45, 7) is 1.78. The summed E-state index contributed by atoms with van der Waals surface area (Å²) >= 11 is 3.41. The lowest BCUT2D eigenvalue weighted by Gasteiger charge is -2.11. The minimum atomic E-state index is -0.482. The number of hydrogen-bond acceptors (Lipinski definition) is 4. The molecule has 0 aliphatic rings. The van der Waals surface area contributed by atoms with Crippen LogP contribution in [0.4, 0.5) is 0 Å². The highest BCUT2D eigenvalue weighted by atomic mass is 79.9. The molecule has 3 rings (SSSR count). The van der Waals surface area contributed by atoms with Crippen LogP contribution >= 0.6 is 15.9 Å². The van der Waals surface area contributed by atoms with Gasteiger partial charge < -0.3 is 4.74 Å². The highest BCUT2D eigenvalue weighted by Crippen LogP contribution is 2.25. The number of carbonyl (C=O) groups is 1. The highest BCUT2D eigenvalue weighted by Gasteiger charge is 2.14. The fraction of sp³-hybridized carbons (Fsp3) is 0.167. The van der Waals surface area contributed by atoms with Gasteiger partial charge in [-0.05, 0) is 25.1 Å². The van der Waals surface area contributed by atoms with Gasteiger partial charge in [0.2, 0.25) is 0 Å². The second-order valence-electron chi connectivity index (χ2n) is 5.17. The summed E-state index contributed by atoms with van der Waals surface area (Å²) in [6.07, 6.45) is 0. The number of hydrogen-bond donors (Lipinski definition) is 0. The SMILES string of the molecule is CCOC(=O)Cn1nc(-c2ccc(Br)cc2)c2ccccc2c1=O. The number of aromatic nitrogens is 2. The van der Waals surface area contributed by atoms with Crippen LogP contribution < -0.4 is 5.56 Å². The summed E-state index contributed by atoms with van der Waals surface area (Å²) < 4.78 is 7.05. The van der Waals surface area contributed by atoms with Crippen molar-refractivity contribution in [1.82, 2.24) is 9.78 Å². The van der Waals surface area contributed by atoms with Crippen LogP contribution in [0, 0.1) is 0 Å². The molecule has 0 aliphatic heterocycles. The summed E-state index contributed by atoms with van der Waals surface area (Å²) in [5.74, 6) is -0.482. The maximum absolute atomic E-state index is 12.6. The predicted octanol–water partition coefficient (Wildman–Crippen LogP) is 3.39. The van der Waals surface area contributed by atoms with Gasteiger partial charge in [-0.3, -0.25) is 9.59 Å². The first kappa shape index (κ1) is 16.4. The summed E-state index contributed by atoms with van der Waals surface area (Å²) in [7, 11) is 0. The number of fused-ring (bicyclic) bond motifs is 1. The van der Waals surface area contributed by atoms with Crippen molar-refractivity contribution in [3.8, 4) is 11.3 Å². The molecule has 0 radical (unpaired) electrons. The molecule has 0 fully saturated rings. The van der Waals surface area contributed by atoms with E-state index in [0.29, 0.717) is 11.1 Å². The van der Waals surface area contributed by atoms with E-state index < -0.39 is 5.97 Å². The average Bonchev–Trinajstić information content (AvgIpc) is 2.59. The van der Waals surface area contributed by atoms with Gasteiger partial charge in [-0.1, -0.05) is 46.3 Å². The molecular formula is C18H15BrN2O3. The van der Waals surface area contributed by atoms with Crippen molar-refractivity contribution in [2.45, 2.75) is 13.5 Å². The minimum absolute atomic E-state index is 0.207. The second-order valence-corrected chi connectivity index (χ2v) is 6.08. The fourth-order valence-electron chi connectivity index (χ4n) is 2.49. The molecule has 24 heavy (non-hydrogen) atoms. The number of esters is 1. The van der Waals surface area contributed by atoms with Crippen LogP contribution in [0.25, 0.3) is 22.0 Å². The van der Waals surface area contributed by atoms with Crippen LogP contribution in [0.15, 0.2) is 57.8 Å². The lowest BCUT2D eigenvalue weighted by Crippen LogP contribution is -2.28. The third-order valence-electron chi connectivity index (χ3n) is 3.57. The van der Waals surface area contributed by atoms with E-state index >= 15 is 0 Å². The Balaban J connectivity index is 2.20. The second kappa shape index (κ2) is 6.97. The van der Waals surface area contributed by atoms with E-state index in [1.165, 1.54) is 0 Å². The quantitative estimate of drug-likeness (QED) is 0.644. The summed E-state index contributed by atoms with van der Waals surface area (Å²) in [6, 6.07) is 14.9. The maximum atomic E-state index is 12.6. The van der Waals surface area contributed by atoms with E-state index in [0.717, 1.165) is 20.1 Å². The first-order valence-corrected chi connectivity index (χ1v) is 8.31. The Hall–Kier alpha value is -2.47. The molecule has 0 amide bonds. The van der Waals surface area contributed by atoms with Gasteiger partial charge in [-0.25, -0.2) is 4.68 Å². The Morgan fingerprint density at radius 1 is 1.12 bits per heavy atom. The zero-order chi connectivity index (χ0) is 17.1. The summed E-state index contributed by atoms with van der Waals surface area (Å²) in [5, 5.41) is 5.69. The van der Waals surface area contributed by atoms with Gasteiger partial charge in [0, 0.05) is 15.4 Å². The standard InChI is InChI=1S/C18H15BrN2O3/c1-2-24-16(22)11-21-18(23)15-6-4-3-5-14(15)17(20-21)12-7-9-13(19)10-8-12/h3-10H,2,11H2,1H3. The topological polar surface area (TPSA) is 61.2 Å². The van der Waals surface area contributed by atoms with Gasteiger partial charge in [0.1, 0.15) is 6.54 Å². The summed E-state index contributed by atoms with van der Waals surface area (Å²) in [5.41, 5.74) is 1.22.